The predicted octanol–water partition coefficient (Wildman–Crippen LogP) is -0.370. The smallest absolute Gasteiger partial charge is 0.276 e. The number of pyridine rings is 1. The first-order valence-electron chi connectivity index (χ1n) is 4.59. The first kappa shape index (κ1) is 11.0. The van der Waals surface area contributed by atoms with Gasteiger partial charge in [-0.25, -0.2) is 10.4 Å². The van der Waals surface area contributed by atoms with Gasteiger partial charge in [0.1, 0.15) is 0 Å². The maximum Gasteiger partial charge on any atom is 0.276 e. The molecule has 2 heterocycles. The van der Waals surface area contributed by atoms with Crippen molar-refractivity contribution in [2.45, 2.75) is 0 Å². The van der Waals surface area contributed by atoms with E-state index in [0.29, 0.717) is 0 Å². The van der Waals surface area contributed by atoms with Crippen LogP contribution in [0.3, 0.4) is 0 Å². The van der Waals surface area contributed by atoms with Gasteiger partial charge in [0.15, 0.2) is 0 Å². The zero-order chi connectivity index (χ0) is 12.4. The van der Waals surface area contributed by atoms with Gasteiger partial charge in [-0.3, -0.25) is 24.6 Å². The average Bonchev–Trinajstić information content (AvgIpc) is 2.68. The van der Waals surface area contributed by atoms with Crippen LogP contribution in [-0.4, -0.2) is 27.9 Å². The van der Waals surface area contributed by atoms with E-state index in [2.05, 4.69) is 4.98 Å². The van der Waals surface area contributed by atoms with Crippen LogP contribution in [0, 0.1) is 0 Å². The normalized spacial score (nSPS) is 14.3. The molecule has 1 aromatic heterocycles. The third-order valence-corrected chi connectivity index (χ3v) is 2.16. The Morgan fingerprint density at radius 1 is 1.24 bits per heavy atom. The van der Waals surface area contributed by atoms with Crippen LogP contribution < -0.4 is 10.4 Å². The van der Waals surface area contributed by atoms with Gasteiger partial charge in [-0.2, -0.15) is 0 Å². The standard InChI is InChI=1S/C10H7N3O4/c14-8-1-2-9(15)13(8)7-3-6(4-11-5-7)10(16)12-17/h1-5,17H,(H,12,16). The van der Waals surface area contributed by atoms with Gasteiger partial charge >= 0.3 is 0 Å². The Hall–Kier alpha value is -2.54. The number of imide groups is 1. The molecule has 7 nitrogen and oxygen atoms in total. The second-order valence-electron chi connectivity index (χ2n) is 3.22. The molecular weight excluding hydrogens is 226 g/mol. The summed E-state index contributed by atoms with van der Waals surface area (Å²) in [5.74, 6) is -1.77. The van der Waals surface area contributed by atoms with Crippen LogP contribution in [-0.2, 0) is 9.59 Å². The minimum Gasteiger partial charge on any atom is -0.288 e. The molecule has 0 radical (unpaired) electrons. The van der Waals surface area contributed by atoms with Gasteiger partial charge < -0.3 is 0 Å². The Labute approximate surface area is 95.3 Å². The summed E-state index contributed by atoms with van der Waals surface area (Å²) >= 11 is 0. The van der Waals surface area contributed by atoms with Crippen molar-refractivity contribution in [3.63, 3.8) is 0 Å². The summed E-state index contributed by atoms with van der Waals surface area (Å²) in [4.78, 5) is 38.5. The quantitative estimate of drug-likeness (QED) is 0.412. The first-order valence-corrected chi connectivity index (χ1v) is 4.59. The molecule has 7 heteroatoms. The molecular formula is C10H7N3O4. The van der Waals surface area contributed by atoms with E-state index in [1.54, 1.807) is 0 Å². The number of nitrogens with zero attached hydrogens (tertiary/aromatic N) is 2. The fourth-order valence-electron chi connectivity index (χ4n) is 1.39. The predicted molar refractivity (Wildman–Crippen MR) is 55.1 cm³/mol. The lowest BCUT2D eigenvalue weighted by Gasteiger charge is -2.13. The second kappa shape index (κ2) is 4.14. The number of nitrogens with one attached hydrogen (secondary N) is 1. The summed E-state index contributed by atoms with van der Waals surface area (Å²) < 4.78 is 0. The van der Waals surface area contributed by atoms with Crippen LogP contribution in [0.5, 0.6) is 0 Å². The number of hydroxylamine groups is 1. The summed E-state index contributed by atoms with van der Waals surface area (Å²) in [5.41, 5.74) is 1.65. The molecule has 0 atom stereocenters. The highest BCUT2D eigenvalue weighted by Gasteiger charge is 2.25. The minimum atomic E-state index is -0.772. The molecule has 0 saturated heterocycles. The van der Waals surface area contributed by atoms with E-state index in [1.165, 1.54) is 23.9 Å². The zero-order valence-electron chi connectivity index (χ0n) is 8.45. The van der Waals surface area contributed by atoms with Crippen LogP contribution >= 0.6 is 0 Å². The second-order valence-corrected chi connectivity index (χ2v) is 3.22. The van der Waals surface area contributed by atoms with Crippen LogP contribution in [0.25, 0.3) is 0 Å². The molecule has 0 aliphatic carbocycles. The molecule has 86 valence electrons. The molecule has 1 aliphatic heterocycles. The van der Waals surface area contributed by atoms with E-state index in [-0.39, 0.29) is 11.3 Å². The van der Waals surface area contributed by atoms with Crippen molar-refractivity contribution < 1.29 is 19.6 Å². The lowest BCUT2D eigenvalue weighted by atomic mass is 10.2. The minimum absolute atomic E-state index is 0.0394. The third kappa shape index (κ3) is 1.91. The summed E-state index contributed by atoms with van der Waals surface area (Å²) in [7, 11) is 0. The van der Waals surface area contributed by atoms with Crippen LogP contribution in [0.4, 0.5) is 5.69 Å². The fraction of sp³-hybridized carbons (Fsp3) is 0. The highest BCUT2D eigenvalue weighted by atomic mass is 16.5. The van der Waals surface area contributed by atoms with Crippen molar-refractivity contribution in [1.29, 1.82) is 0 Å². The number of carbonyl (C=O) groups is 3. The number of aromatic nitrogens is 1. The lowest BCUT2D eigenvalue weighted by molar-refractivity contribution is -0.119. The van der Waals surface area contributed by atoms with Gasteiger partial charge in [0.2, 0.25) is 0 Å². The third-order valence-electron chi connectivity index (χ3n) is 2.16. The SMILES string of the molecule is O=C(NO)c1cncc(N2C(=O)C=CC2=O)c1. The van der Waals surface area contributed by atoms with Gasteiger partial charge in [-0.05, 0) is 6.07 Å². The van der Waals surface area contributed by atoms with E-state index < -0.39 is 17.7 Å². The number of rotatable bonds is 2. The van der Waals surface area contributed by atoms with Crippen LogP contribution in [0.2, 0.25) is 0 Å². The number of hydrogen-bond donors (Lipinski definition) is 2. The van der Waals surface area contributed by atoms with Gasteiger partial charge in [0.25, 0.3) is 17.7 Å². The Bertz CT molecular complexity index is 520. The van der Waals surface area contributed by atoms with E-state index in [4.69, 9.17) is 5.21 Å². The molecule has 0 aromatic carbocycles. The molecule has 0 fully saturated rings. The molecule has 17 heavy (non-hydrogen) atoms. The number of anilines is 1. The molecule has 0 saturated carbocycles. The van der Waals surface area contributed by atoms with E-state index >= 15 is 0 Å². The largest absolute Gasteiger partial charge is 0.288 e. The maximum absolute atomic E-state index is 11.4. The van der Waals surface area contributed by atoms with Gasteiger partial charge in [-0.1, -0.05) is 0 Å². The molecule has 0 spiro atoms. The van der Waals surface area contributed by atoms with Crippen molar-refractivity contribution in [1.82, 2.24) is 10.5 Å². The topological polar surface area (TPSA) is 99.6 Å². The molecule has 0 bridgehead atoms. The van der Waals surface area contributed by atoms with Crippen molar-refractivity contribution >= 4 is 23.4 Å². The van der Waals surface area contributed by atoms with Crippen molar-refractivity contribution in [2.75, 3.05) is 4.90 Å². The zero-order valence-corrected chi connectivity index (χ0v) is 8.45. The van der Waals surface area contributed by atoms with Gasteiger partial charge in [0.05, 0.1) is 17.4 Å². The number of carbonyl (C=O) groups excluding carboxylic acids is 3. The van der Waals surface area contributed by atoms with E-state index in [9.17, 15) is 14.4 Å². The van der Waals surface area contributed by atoms with Crippen LogP contribution in [0.1, 0.15) is 10.4 Å². The van der Waals surface area contributed by atoms with Crippen molar-refractivity contribution in [2.24, 2.45) is 0 Å². The first-order chi connectivity index (χ1) is 8.13. The summed E-state index contributed by atoms with van der Waals surface area (Å²) in [6, 6.07) is 1.28. The lowest BCUT2D eigenvalue weighted by Crippen LogP contribution is -2.30. The number of hydrogen-bond acceptors (Lipinski definition) is 5. The molecule has 1 aliphatic rings. The molecule has 2 rings (SSSR count). The van der Waals surface area contributed by atoms with Crippen molar-refractivity contribution in [3.8, 4) is 0 Å². The Morgan fingerprint density at radius 3 is 2.47 bits per heavy atom. The molecule has 3 amide bonds. The van der Waals surface area contributed by atoms with E-state index in [0.717, 1.165) is 17.1 Å². The maximum atomic E-state index is 11.4. The van der Waals surface area contributed by atoms with Crippen LogP contribution in [0.15, 0.2) is 30.6 Å². The summed E-state index contributed by atoms with van der Waals surface area (Å²) in [6.45, 7) is 0. The van der Waals surface area contributed by atoms with Gasteiger partial charge in [-0.15, -0.1) is 0 Å². The fourth-order valence-corrected chi connectivity index (χ4v) is 1.39. The Morgan fingerprint density at radius 2 is 1.88 bits per heavy atom. The highest BCUT2D eigenvalue weighted by molar-refractivity contribution is 6.28. The Balaban J connectivity index is 2.37. The number of amides is 3. The molecule has 2 N–H and O–H groups in total. The monoisotopic (exact) mass is 233 g/mol. The van der Waals surface area contributed by atoms with Gasteiger partial charge in [0, 0.05) is 18.3 Å². The molecule has 0 unspecified atom stereocenters. The Kier molecular flexibility index (Phi) is 2.67. The van der Waals surface area contributed by atoms with Crippen molar-refractivity contribution in [3.05, 3.63) is 36.2 Å². The molecule has 1 aromatic rings. The summed E-state index contributed by atoms with van der Waals surface area (Å²) in [6.07, 6.45) is 4.73. The average molecular weight is 233 g/mol. The highest BCUT2D eigenvalue weighted by Crippen LogP contribution is 2.18. The summed E-state index contributed by atoms with van der Waals surface area (Å²) in [5, 5.41) is 8.46. The van der Waals surface area contributed by atoms with E-state index in [1.807, 2.05) is 0 Å².